The van der Waals surface area contributed by atoms with Gasteiger partial charge in [-0.15, -0.1) is 0 Å². The van der Waals surface area contributed by atoms with E-state index in [2.05, 4.69) is 132 Å². The summed E-state index contributed by atoms with van der Waals surface area (Å²) in [6, 6.07) is 0.812. The van der Waals surface area contributed by atoms with Gasteiger partial charge in [-0.3, -0.25) is 0 Å². The summed E-state index contributed by atoms with van der Waals surface area (Å²) in [6.45, 7) is 22.4. The molecule has 2 nitrogen and oxygen atoms in total. The zero-order valence-electron chi connectivity index (χ0n) is 18.0. The van der Waals surface area contributed by atoms with Crippen molar-refractivity contribution in [2.45, 2.75) is 77.3 Å². The first-order valence-electron chi connectivity index (χ1n) is 9.60. The van der Waals surface area contributed by atoms with Gasteiger partial charge in [-0.2, -0.15) is 0 Å². The minimum absolute atomic E-state index is 0.169. The molecule has 0 aromatic carbocycles. The van der Waals surface area contributed by atoms with E-state index >= 15 is 0 Å². The summed E-state index contributed by atoms with van der Waals surface area (Å²) in [7, 11) is -3.22. The third-order valence-corrected chi connectivity index (χ3v) is 24.6. The van der Waals surface area contributed by atoms with Gasteiger partial charge in [0.25, 0.3) is 0 Å². The van der Waals surface area contributed by atoms with E-state index in [1.807, 2.05) is 0 Å². The Labute approximate surface area is 171 Å². The van der Waals surface area contributed by atoms with Crippen molar-refractivity contribution in [1.29, 1.82) is 0 Å². The number of hydrogen-bond donors (Lipinski definition) is 0. The van der Waals surface area contributed by atoms with Crippen molar-refractivity contribution in [1.82, 2.24) is 8.67 Å². The Balaban J connectivity index is 2.75. The number of nitrogens with zero attached hydrogens (tertiary/aromatic N) is 2. The summed E-state index contributed by atoms with van der Waals surface area (Å²) in [5, 5.41) is 0.169. The van der Waals surface area contributed by atoms with Gasteiger partial charge in [0, 0.05) is 0 Å². The second-order valence-electron chi connectivity index (χ2n) is 10.3. The third-order valence-electron chi connectivity index (χ3n) is 4.85. The molecule has 6 heteroatoms. The van der Waals surface area contributed by atoms with Crippen LogP contribution in [0.4, 0.5) is 0 Å². The first-order chi connectivity index (χ1) is 11.7. The van der Waals surface area contributed by atoms with Crippen LogP contribution in [0.3, 0.4) is 0 Å². The molecule has 0 aromatic heterocycles. The van der Waals surface area contributed by atoms with Crippen LogP contribution in [0.1, 0.15) is 20.8 Å². The Hall–Kier alpha value is 0.263. The Morgan fingerprint density at radius 3 is 1.15 bits per heavy atom. The Morgan fingerprint density at radius 1 is 0.692 bits per heavy atom. The Kier molecular flexibility index (Phi) is 6.58. The monoisotopic (exact) mass is 472 g/mol. The molecule has 2 rings (SSSR count). The molecule has 26 heavy (non-hydrogen) atoms. The van der Waals surface area contributed by atoms with Gasteiger partial charge in [0.05, 0.1) is 0 Å². The summed E-state index contributed by atoms with van der Waals surface area (Å²) in [5.41, 5.74) is 0. The summed E-state index contributed by atoms with van der Waals surface area (Å²) in [5.74, 6) is -1.75. The van der Waals surface area contributed by atoms with E-state index in [-0.39, 0.29) is 5.16 Å². The fourth-order valence-electron chi connectivity index (χ4n) is 3.99. The van der Waals surface area contributed by atoms with Gasteiger partial charge in [0.15, 0.2) is 0 Å². The first kappa shape index (κ1) is 22.6. The van der Waals surface area contributed by atoms with E-state index < -0.39 is 22.3 Å². The number of rotatable bonds is 6. The molecule has 0 spiro atoms. The zero-order chi connectivity index (χ0) is 20.0. The molecule has 0 aromatic rings. The molecule has 0 amide bonds. The molecule has 0 atom stereocenters. The Bertz CT molecular complexity index is 616. The van der Waals surface area contributed by atoms with Crippen LogP contribution in [0.5, 0.6) is 0 Å². The fourth-order valence-corrected chi connectivity index (χ4v) is 28.4. The predicted octanol–water partition coefficient (Wildman–Crippen LogP) is 5.98. The van der Waals surface area contributed by atoms with Crippen LogP contribution in [-0.4, -0.2) is 57.5 Å². The van der Waals surface area contributed by atoms with E-state index in [9.17, 15) is 0 Å². The molecule has 146 valence electrons. The van der Waals surface area contributed by atoms with Crippen LogP contribution in [-0.2, 0) is 0 Å². The van der Waals surface area contributed by atoms with Gasteiger partial charge in [-0.1, -0.05) is 0 Å². The average molecular weight is 472 g/mol. The third kappa shape index (κ3) is 4.30. The van der Waals surface area contributed by atoms with E-state index in [1.54, 1.807) is 0 Å². The van der Waals surface area contributed by atoms with Crippen molar-refractivity contribution in [2.75, 3.05) is 0 Å². The van der Waals surface area contributed by atoms with Crippen LogP contribution in [0.15, 0.2) is 48.6 Å². The first-order valence-corrected chi connectivity index (χ1v) is 20.4. The number of allylic oxidation sites excluding steroid dienone is 4. The molecule has 0 aliphatic heterocycles. The van der Waals surface area contributed by atoms with Crippen LogP contribution in [0.25, 0.3) is 0 Å². The molecule has 0 heterocycles. The fraction of sp³-hybridized carbons (Fsp3) is 0.600. The minimum atomic E-state index is -1.75. The topological polar surface area (TPSA) is 6.48 Å². The van der Waals surface area contributed by atoms with E-state index in [4.69, 9.17) is 0 Å². The van der Waals surface area contributed by atoms with E-state index in [1.165, 1.54) is 0 Å². The van der Waals surface area contributed by atoms with E-state index in [0.29, 0.717) is 12.1 Å². The SMILES string of the molecule is CC(C)(C)P(=[Se])(N(C1C=CC=C1)[Si](C)(C)C)N(C1C=CC=C1)[Si](C)(C)C. The second-order valence-corrected chi connectivity index (χ2v) is 27.2. The number of hydrogen-bond acceptors (Lipinski definition) is 2. The molecular weight excluding hydrogens is 434 g/mol. The molecule has 0 saturated heterocycles. The molecule has 0 saturated carbocycles. The van der Waals surface area contributed by atoms with Crippen molar-refractivity contribution in [3.05, 3.63) is 48.6 Å². The van der Waals surface area contributed by atoms with Gasteiger partial charge in [-0.25, -0.2) is 0 Å². The molecule has 0 bridgehead atoms. The summed E-state index contributed by atoms with van der Waals surface area (Å²) >= 11 is 3.89. The van der Waals surface area contributed by atoms with Crippen LogP contribution in [0.2, 0.25) is 39.3 Å². The van der Waals surface area contributed by atoms with Crippen molar-refractivity contribution in [2.24, 2.45) is 0 Å². The van der Waals surface area contributed by atoms with Crippen molar-refractivity contribution < 1.29 is 0 Å². The van der Waals surface area contributed by atoms with Gasteiger partial charge in [0.2, 0.25) is 0 Å². The molecule has 2 aliphatic carbocycles. The molecule has 2 aliphatic rings. The zero-order valence-corrected chi connectivity index (χ0v) is 22.6. The van der Waals surface area contributed by atoms with Crippen molar-refractivity contribution in [3.63, 3.8) is 0 Å². The molecule has 0 unspecified atom stereocenters. The quantitative estimate of drug-likeness (QED) is 0.347. The predicted molar refractivity (Wildman–Crippen MR) is 127 cm³/mol. The molecular formula is C20H37N2PSeSi2. The summed E-state index contributed by atoms with van der Waals surface area (Å²) in [6.07, 6.45) is 18.4. The maximum absolute atomic E-state index is 3.89. The van der Waals surface area contributed by atoms with Gasteiger partial charge < -0.3 is 0 Å². The molecule has 0 fully saturated rings. The molecule has 0 radical (unpaired) electrons. The van der Waals surface area contributed by atoms with Crippen LogP contribution in [0, 0.1) is 0 Å². The maximum atomic E-state index is 3.89. The summed E-state index contributed by atoms with van der Waals surface area (Å²) < 4.78 is 5.89. The van der Waals surface area contributed by atoms with Gasteiger partial charge >= 0.3 is 172 Å². The van der Waals surface area contributed by atoms with Crippen LogP contribution < -0.4 is 0 Å². The van der Waals surface area contributed by atoms with E-state index in [0.717, 1.165) is 0 Å². The van der Waals surface area contributed by atoms with Crippen LogP contribution >= 0.6 is 5.81 Å². The molecule has 0 N–H and O–H groups in total. The summed E-state index contributed by atoms with van der Waals surface area (Å²) in [4.78, 5) is 0. The Morgan fingerprint density at radius 2 is 0.962 bits per heavy atom. The van der Waals surface area contributed by atoms with Crippen molar-refractivity contribution >= 4 is 37.4 Å². The van der Waals surface area contributed by atoms with Gasteiger partial charge in [0.1, 0.15) is 0 Å². The van der Waals surface area contributed by atoms with Crippen molar-refractivity contribution in [3.8, 4) is 0 Å². The normalized spacial score (nSPS) is 19.7. The average Bonchev–Trinajstić information content (AvgIpc) is 3.07. The second kappa shape index (κ2) is 7.59. The standard InChI is InChI=1S/C20H37N2PSeSi2/c1-20(2,3)23(24,21(25(4,5)6)18-14-10-11-15-18)22(26(7,8)9)19-16-12-13-17-19/h10-19H,1-9H3. The van der Waals surface area contributed by atoms with Gasteiger partial charge in [-0.05, 0) is 0 Å².